The Morgan fingerprint density at radius 3 is 2.10 bits per heavy atom. The summed E-state index contributed by atoms with van der Waals surface area (Å²) in [7, 11) is 0. The van der Waals surface area contributed by atoms with E-state index in [4.69, 9.17) is 62.0 Å². The Morgan fingerprint density at radius 1 is 1.02 bits per heavy atom. The number of aromatic carboxylic acids is 1. The lowest BCUT2D eigenvalue weighted by atomic mass is 10.2. The summed E-state index contributed by atoms with van der Waals surface area (Å²) in [5.41, 5.74) is 5.47. The van der Waals surface area contributed by atoms with Crippen molar-refractivity contribution in [1.29, 1.82) is 0 Å². The van der Waals surface area contributed by atoms with Gasteiger partial charge in [0.15, 0.2) is 0 Å². The maximum atomic E-state index is 11.8. The van der Waals surface area contributed by atoms with Crippen molar-refractivity contribution in [2.45, 2.75) is 64.1 Å². The van der Waals surface area contributed by atoms with Crippen molar-refractivity contribution in [1.82, 2.24) is 25.5 Å². The molecular formula is C27H36Cl4N6O5. The number of aromatic nitrogens is 2. The van der Waals surface area contributed by atoms with Crippen LogP contribution < -0.4 is 16.4 Å². The Morgan fingerprint density at radius 2 is 1.62 bits per heavy atom. The smallest absolute Gasteiger partial charge is 0.410 e. The standard InChI is InChI=1S/C11H13Cl2N3O.C10H20N2O2.C6H3Cl2NO2/c12-9-4-3-8(10(13)16-9)11(17)15-6-7-2-1-5-14-7;1-10(2,3)14-9(13)12-6-4-5-8(12)7-11;7-4-2-1-3(6(10)11)5(8)9-4/h3-4,7,14H,1-2,5-6H2,(H,15,17);8H,4-7,11H2,1-3H3;1-2H,(H,10,11)/t7-;8-;/m11./s1. The van der Waals surface area contributed by atoms with Gasteiger partial charge in [0.05, 0.1) is 11.1 Å². The molecule has 0 unspecified atom stereocenters. The van der Waals surface area contributed by atoms with Crippen molar-refractivity contribution in [3.05, 3.63) is 56.0 Å². The number of halogens is 4. The van der Waals surface area contributed by atoms with E-state index in [-0.39, 0.29) is 44.2 Å². The summed E-state index contributed by atoms with van der Waals surface area (Å²) in [5, 5.41) is 15.1. The average Bonchev–Trinajstić information content (AvgIpc) is 3.59. The summed E-state index contributed by atoms with van der Waals surface area (Å²) in [5.74, 6) is -1.33. The van der Waals surface area contributed by atoms with Crippen molar-refractivity contribution in [2.75, 3.05) is 26.2 Å². The van der Waals surface area contributed by atoms with E-state index in [2.05, 4.69) is 20.6 Å². The van der Waals surface area contributed by atoms with Gasteiger partial charge in [0.1, 0.15) is 26.2 Å². The van der Waals surface area contributed by atoms with E-state index in [1.807, 2.05) is 20.8 Å². The molecule has 5 N–H and O–H groups in total. The molecule has 2 fully saturated rings. The fourth-order valence-corrected chi connectivity index (χ4v) is 4.89. The zero-order valence-corrected chi connectivity index (χ0v) is 26.7. The lowest BCUT2D eigenvalue weighted by molar-refractivity contribution is 0.0232. The first-order valence-electron chi connectivity index (χ1n) is 13.3. The molecule has 0 radical (unpaired) electrons. The molecule has 2 aliphatic heterocycles. The summed E-state index contributed by atoms with van der Waals surface area (Å²) in [4.78, 5) is 43.0. The van der Waals surface area contributed by atoms with Crippen LogP contribution in [0.2, 0.25) is 20.6 Å². The fraction of sp³-hybridized carbons (Fsp3) is 0.519. The number of carboxylic acids is 1. The van der Waals surface area contributed by atoms with Gasteiger partial charge in [0.25, 0.3) is 5.91 Å². The molecule has 2 aromatic rings. The van der Waals surface area contributed by atoms with Crippen LogP contribution in [-0.2, 0) is 4.74 Å². The first-order valence-corrected chi connectivity index (χ1v) is 14.8. The first-order chi connectivity index (χ1) is 19.7. The van der Waals surface area contributed by atoms with Crippen LogP contribution in [0.5, 0.6) is 0 Å². The predicted molar refractivity (Wildman–Crippen MR) is 164 cm³/mol. The highest BCUT2D eigenvalue weighted by atomic mass is 35.5. The minimum Gasteiger partial charge on any atom is -0.478 e. The third-order valence-electron chi connectivity index (χ3n) is 6.05. The summed E-state index contributed by atoms with van der Waals surface area (Å²) in [6, 6.07) is 6.34. The lowest BCUT2D eigenvalue weighted by Crippen LogP contribution is -2.42. The van der Waals surface area contributed by atoms with Crippen molar-refractivity contribution >= 4 is 64.4 Å². The molecule has 15 heteroatoms. The van der Waals surface area contributed by atoms with Gasteiger partial charge < -0.3 is 31.1 Å². The minimum absolute atomic E-state index is 0.0453. The topological polar surface area (TPSA) is 160 Å². The maximum Gasteiger partial charge on any atom is 0.410 e. The van der Waals surface area contributed by atoms with Crippen LogP contribution in [0.4, 0.5) is 4.79 Å². The second-order valence-corrected chi connectivity index (χ2v) is 11.9. The van der Waals surface area contributed by atoms with E-state index in [1.165, 1.54) is 12.1 Å². The molecule has 42 heavy (non-hydrogen) atoms. The second kappa shape index (κ2) is 17.0. The highest BCUT2D eigenvalue weighted by molar-refractivity contribution is 6.35. The maximum absolute atomic E-state index is 11.8. The molecule has 232 valence electrons. The van der Waals surface area contributed by atoms with Gasteiger partial charge in [-0.3, -0.25) is 4.79 Å². The lowest BCUT2D eigenvalue weighted by Gasteiger charge is -2.27. The van der Waals surface area contributed by atoms with Crippen LogP contribution in [0.3, 0.4) is 0 Å². The van der Waals surface area contributed by atoms with Gasteiger partial charge in [-0.25, -0.2) is 19.6 Å². The largest absolute Gasteiger partial charge is 0.478 e. The molecule has 0 aromatic carbocycles. The SMILES string of the molecule is CC(C)(C)OC(=O)N1CCC[C@@H]1CN.O=C(NC[C@H]1CCCN1)c1ccc(Cl)nc1Cl.O=C(O)c1ccc(Cl)nc1Cl. The Balaban J connectivity index is 0.000000226. The molecule has 4 rings (SSSR count). The zero-order valence-electron chi connectivity index (χ0n) is 23.6. The number of carbonyl (C=O) groups is 3. The van der Waals surface area contributed by atoms with Gasteiger partial charge in [-0.15, -0.1) is 0 Å². The number of nitrogens with zero attached hydrogens (tertiary/aromatic N) is 3. The normalized spacial score (nSPS) is 17.9. The Labute approximate surface area is 265 Å². The number of rotatable bonds is 5. The number of hydrogen-bond donors (Lipinski definition) is 4. The monoisotopic (exact) mass is 664 g/mol. The summed E-state index contributed by atoms with van der Waals surface area (Å²) < 4.78 is 5.29. The van der Waals surface area contributed by atoms with Crippen LogP contribution in [0.25, 0.3) is 0 Å². The average molecular weight is 666 g/mol. The summed E-state index contributed by atoms with van der Waals surface area (Å²) in [6.45, 7) is 8.55. The first kappa shape index (κ1) is 35.8. The van der Waals surface area contributed by atoms with E-state index in [9.17, 15) is 14.4 Å². The molecule has 2 aromatic heterocycles. The molecule has 2 aliphatic rings. The van der Waals surface area contributed by atoms with E-state index < -0.39 is 11.6 Å². The fourth-order valence-electron chi connectivity index (χ4n) is 4.04. The van der Waals surface area contributed by atoms with Gasteiger partial charge in [-0.05, 0) is 77.3 Å². The molecule has 4 heterocycles. The van der Waals surface area contributed by atoms with Crippen LogP contribution in [-0.4, -0.2) is 81.8 Å². The molecule has 0 bridgehead atoms. The van der Waals surface area contributed by atoms with Crippen LogP contribution in [0, 0.1) is 0 Å². The zero-order chi connectivity index (χ0) is 31.4. The number of ether oxygens (including phenoxy) is 1. The quantitative estimate of drug-likeness (QED) is 0.311. The van der Waals surface area contributed by atoms with Gasteiger partial charge in [0, 0.05) is 31.7 Å². The number of carbonyl (C=O) groups excluding carboxylic acids is 2. The van der Waals surface area contributed by atoms with Gasteiger partial charge in [0.2, 0.25) is 0 Å². The van der Waals surface area contributed by atoms with Crippen LogP contribution in [0.1, 0.15) is 67.2 Å². The van der Waals surface area contributed by atoms with Crippen LogP contribution >= 0.6 is 46.4 Å². The Kier molecular flexibility index (Phi) is 14.5. The highest BCUT2D eigenvalue weighted by Crippen LogP contribution is 2.20. The van der Waals surface area contributed by atoms with E-state index in [1.54, 1.807) is 17.0 Å². The Hall–Kier alpha value is -2.41. The number of amides is 2. The molecule has 0 spiro atoms. The number of hydrogen-bond acceptors (Lipinski definition) is 8. The number of carboxylic acid groups (broad SMARTS) is 1. The van der Waals surface area contributed by atoms with Gasteiger partial charge in [-0.2, -0.15) is 0 Å². The second-order valence-electron chi connectivity index (χ2n) is 10.5. The summed E-state index contributed by atoms with van der Waals surface area (Å²) in [6.07, 6.45) is 4.04. The van der Waals surface area contributed by atoms with Crippen molar-refractivity contribution < 1.29 is 24.2 Å². The molecule has 0 saturated carbocycles. The van der Waals surface area contributed by atoms with Crippen molar-refractivity contribution in [3.63, 3.8) is 0 Å². The molecule has 11 nitrogen and oxygen atoms in total. The van der Waals surface area contributed by atoms with Crippen molar-refractivity contribution in [3.8, 4) is 0 Å². The third kappa shape index (κ3) is 12.1. The minimum atomic E-state index is -1.11. The molecule has 2 saturated heterocycles. The van der Waals surface area contributed by atoms with E-state index in [0.717, 1.165) is 38.8 Å². The Bertz CT molecular complexity index is 1220. The van der Waals surface area contributed by atoms with Gasteiger partial charge >= 0.3 is 12.1 Å². The molecular weight excluding hydrogens is 630 g/mol. The molecule has 2 amide bonds. The van der Waals surface area contributed by atoms with Crippen LogP contribution in [0.15, 0.2) is 24.3 Å². The number of pyridine rings is 2. The molecule has 2 atom stereocenters. The number of nitrogens with one attached hydrogen (secondary N) is 2. The number of likely N-dealkylation sites (tertiary alicyclic amines) is 1. The number of nitrogens with two attached hydrogens (primary N) is 1. The van der Waals surface area contributed by atoms with E-state index >= 15 is 0 Å². The van der Waals surface area contributed by atoms with Crippen molar-refractivity contribution in [2.24, 2.45) is 5.73 Å². The van der Waals surface area contributed by atoms with E-state index in [0.29, 0.717) is 24.7 Å². The summed E-state index contributed by atoms with van der Waals surface area (Å²) >= 11 is 22.4. The highest BCUT2D eigenvalue weighted by Gasteiger charge is 2.31. The predicted octanol–water partition coefficient (Wildman–Crippen LogP) is 5.30. The van der Waals surface area contributed by atoms with Gasteiger partial charge in [-0.1, -0.05) is 46.4 Å². The molecule has 0 aliphatic carbocycles. The third-order valence-corrected chi connectivity index (χ3v) is 7.05.